The summed E-state index contributed by atoms with van der Waals surface area (Å²) in [6.45, 7) is 3.45. The number of aliphatic hydroxyl groups is 1. The van der Waals surface area contributed by atoms with Gasteiger partial charge in [0.25, 0.3) is 0 Å². The first-order valence-electron chi connectivity index (χ1n) is 6.08. The Kier molecular flexibility index (Phi) is 3.58. The first-order chi connectivity index (χ1) is 8.93. The maximum Gasteiger partial charge on any atom is 0.123 e. The Labute approximate surface area is 112 Å². The molecular formula is C16H17FO2. The van der Waals surface area contributed by atoms with E-state index in [4.69, 9.17) is 4.74 Å². The first kappa shape index (κ1) is 13.6. The van der Waals surface area contributed by atoms with Crippen LogP contribution in [0.15, 0.2) is 42.5 Å². The third kappa shape index (κ3) is 2.76. The molecule has 0 spiro atoms. The van der Waals surface area contributed by atoms with Crippen LogP contribution in [0.1, 0.15) is 23.6 Å². The van der Waals surface area contributed by atoms with Gasteiger partial charge in [-0.05, 0) is 54.8 Å². The summed E-state index contributed by atoms with van der Waals surface area (Å²) in [7, 11) is 1.57. The van der Waals surface area contributed by atoms with E-state index in [1.165, 1.54) is 12.1 Å². The summed E-state index contributed by atoms with van der Waals surface area (Å²) in [6, 6.07) is 11.7. The number of aryl methyl sites for hydroxylation is 1. The molecule has 0 fully saturated rings. The van der Waals surface area contributed by atoms with Crippen LogP contribution < -0.4 is 4.74 Å². The van der Waals surface area contributed by atoms with E-state index in [9.17, 15) is 9.50 Å². The molecule has 1 unspecified atom stereocenters. The van der Waals surface area contributed by atoms with Crippen molar-refractivity contribution in [1.82, 2.24) is 0 Å². The van der Waals surface area contributed by atoms with Gasteiger partial charge < -0.3 is 9.84 Å². The monoisotopic (exact) mass is 260 g/mol. The molecule has 100 valence electrons. The van der Waals surface area contributed by atoms with Crippen molar-refractivity contribution in [1.29, 1.82) is 0 Å². The van der Waals surface area contributed by atoms with E-state index in [-0.39, 0.29) is 5.82 Å². The van der Waals surface area contributed by atoms with Crippen molar-refractivity contribution in [3.63, 3.8) is 0 Å². The highest BCUT2D eigenvalue weighted by Crippen LogP contribution is 2.32. The Morgan fingerprint density at radius 2 is 1.84 bits per heavy atom. The zero-order valence-electron chi connectivity index (χ0n) is 11.3. The van der Waals surface area contributed by atoms with Crippen LogP contribution in [0.5, 0.6) is 5.75 Å². The van der Waals surface area contributed by atoms with Crippen LogP contribution in [0.2, 0.25) is 0 Å². The minimum absolute atomic E-state index is 0.349. The zero-order valence-corrected chi connectivity index (χ0v) is 11.3. The van der Waals surface area contributed by atoms with Gasteiger partial charge in [-0.1, -0.05) is 18.2 Å². The number of benzene rings is 2. The van der Waals surface area contributed by atoms with E-state index in [1.807, 2.05) is 0 Å². The second-order valence-electron chi connectivity index (χ2n) is 4.82. The maximum atomic E-state index is 13.5. The predicted octanol–water partition coefficient (Wildman–Crippen LogP) is 3.40. The molecule has 0 heterocycles. The number of halogens is 1. The quantitative estimate of drug-likeness (QED) is 0.916. The van der Waals surface area contributed by atoms with Crippen LogP contribution >= 0.6 is 0 Å². The highest BCUT2D eigenvalue weighted by Gasteiger charge is 2.26. The number of rotatable bonds is 3. The summed E-state index contributed by atoms with van der Waals surface area (Å²) in [6.07, 6.45) is 0. The number of hydrogen-bond acceptors (Lipinski definition) is 2. The summed E-state index contributed by atoms with van der Waals surface area (Å²) in [4.78, 5) is 0. The van der Waals surface area contributed by atoms with Crippen molar-refractivity contribution < 1.29 is 14.2 Å². The highest BCUT2D eigenvalue weighted by atomic mass is 19.1. The fourth-order valence-electron chi connectivity index (χ4n) is 2.11. The van der Waals surface area contributed by atoms with Crippen LogP contribution in [0, 0.1) is 12.7 Å². The van der Waals surface area contributed by atoms with E-state index in [0.29, 0.717) is 16.9 Å². The van der Waals surface area contributed by atoms with Gasteiger partial charge in [-0.25, -0.2) is 4.39 Å². The lowest BCUT2D eigenvalue weighted by atomic mass is 9.87. The molecule has 0 amide bonds. The van der Waals surface area contributed by atoms with Gasteiger partial charge in [-0.2, -0.15) is 0 Å². The standard InChI is InChI=1S/C16H17FO2/c1-11-7-13(9-14(17)8-11)16(2,18)12-5-4-6-15(10-12)19-3/h4-10,18H,1-3H3. The summed E-state index contributed by atoms with van der Waals surface area (Å²) in [5.74, 6) is 0.309. The summed E-state index contributed by atoms with van der Waals surface area (Å²) >= 11 is 0. The van der Waals surface area contributed by atoms with Gasteiger partial charge in [0.05, 0.1) is 7.11 Å². The Balaban J connectivity index is 2.50. The lowest BCUT2D eigenvalue weighted by Gasteiger charge is -2.25. The van der Waals surface area contributed by atoms with Crippen LogP contribution in [-0.2, 0) is 5.60 Å². The van der Waals surface area contributed by atoms with Gasteiger partial charge in [0.15, 0.2) is 0 Å². The van der Waals surface area contributed by atoms with Crippen molar-refractivity contribution in [2.45, 2.75) is 19.4 Å². The van der Waals surface area contributed by atoms with Crippen molar-refractivity contribution >= 4 is 0 Å². The van der Waals surface area contributed by atoms with E-state index in [1.54, 1.807) is 51.3 Å². The van der Waals surface area contributed by atoms with Crippen molar-refractivity contribution in [3.8, 4) is 5.75 Å². The zero-order chi connectivity index (χ0) is 14.0. The van der Waals surface area contributed by atoms with Gasteiger partial charge in [0.2, 0.25) is 0 Å². The lowest BCUT2D eigenvalue weighted by molar-refractivity contribution is 0.101. The topological polar surface area (TPSA) is 29.5 Å². The number of hydrogen-bond donors (Lipinski definition) is 1. The largest absolute Gasteiger partial charge is 0.497 e. The molecule has 0 saturated carbocycles. The normalized spacial score (nSPS) is 13.9. The molecule has 1 N–H and O–H groups in total. The van der Waals surface area contributed by atoms with E-state index in [0.717, 1.165) is 5.56 Å². The van der Waals surface area contributed by atoms with Crippen LogP contribution in [0.25, 0.3) is 0 Å². The molecule has 2 aromatic rings. The molecule has 0 aromatic heterocycles. The van der Waals surface area contributed by atoms with Gasteiger partial charge in [-0.3, -0.25) is 0 Å². The van der Waals surface area contributed by atoms with Crippen LogP contribution in [-0.4, -0.2) is 12.2 Å². The minimum Gasteiger partial charge on any atom is -0.497 e. The molecule has 3 heteroatoms. The fraction of sp³-hybridized carbons (Fsp3) is 0.250. The minimum atomic E-state index is -1.26. The van der Waals surface area contributed by atoms with Crippen molar-refractivity contribution in [3.05, 3.63) is 65.0 Å². The molecule has 19 heavy (non-hydrogen) atoms. The summed E-state index contributed by atoms with van der Waals surface area (Å²) in [5.41, 5.74) is 0.703. The molecule has 2 rings (SSSR count). The average Bonchev–Trinajstić information content (AvgIpc) is 2.37. The SMILES string of the molecule is COc1cccc(C(C)(O)c2cc(C)cc(F)c2)c1. The molecule has 2 nitrogen and oxygen atoms in total. The number of ether oxygens (including phenoxy) is 1. The van der Waals surface area contributed by atoms with Crippen molar-refractivity contribution in [2.75, 3.05) is 7.11 Å². The third-order valence-corrected chi connectivity index (χ3v) is 3.24. The average molecular weight is 260 g/mol. The van der Waals surface area contributed by atoms with E-state index >= 15 is 0 Å². The number of methoxy groups -OCH3 is 1. The second-order valence-corrected chi connectivity index (χ2v) is 4.82. The van der Waals surface area contributed by atoms with Gasteiger partial charge >= 0.3 is 0 Å². The van der Waals surface area contributed by atoms with Crippen LogP contribution in [0.4, 0.5) is 4.39 Å². The van der Waals surface area contributed by atoms with E-state index in [2.05, 4.69) is 0 Å². The van der Waals surface area contributed by atoms with Gasteiger partial charge in [0, 0.05) is 0 Å². The molecule has 0 aliphatic rings. The molecule has 0 saturated heterocycles. The van der Waals surface area contributed by atoms with E-state index < -0.39 is 5.60 Å². The smallest absolute Gasteiger partial charge is 0.123 e. The predicted molar refractivity (Wildman–Crippen MR) is 72.8 cm³/mol. The molecule has 0 aliphatic carbocycles. The van der Waals surface area contributed by atoms with Crippen LogP contribution in [0.3, 0.4) is 0 Å². The summed E-state index contributed by atoms with van der Waals surface area (Å²) < 4.78 is 18.6. The Bertz CT molecular complexity index is 571. The van der Waals surface area contributed by atoms with Gasteiger partial charge in [0.1, 0.15) is 17.2 Å². The highest BCUT2D eigenvalue weighted by molar-refractivity contribution is 5.40. The Hall–Kier alpha value is -1.87. The third-order valence-electron chi connectivity index (χ3n) is 3.24. The molecule has 0 aliphatic heterocycles. The maximum absolute atomic E-state index is 13.5. The summed E-state index contributed by atoms with van der Waals surface area (Å²) in [5, 5.41) is 10.7. The fourth-order valence-corrected chi connectivity index (χ4v) is 2.11. The molecule has 0 bridgehead atoms. The van der Waals surface area contributed by atoms with Gasteiger partial charge in [-0.15, -0.1) is 0 Å². The Morgan fingerprint density at radius 1 is 1.11 bits per heavy atom. The van der Waals surface area contributed by atoms with Crippen molar-refractivity contribution in [2.24, 2.45) is 0 Å². The Morgan fingerprint density at radius 3 is 2.47 bits per heavy atom. The second kappa shape index (κ2) is 5.02. The molecule has 2 aromatic carbocycles. The molecular weight excluding hydrogens is 243 g/mol. The molecule has 1 atom stereocenters. The molecule has 0 radical (unpaired) electrons. The first-order valence-corrected chi connectivity index (χ1v) is 6.08. The lowest BCUT2D eigenvalue weighted by Crippen LogP contribution is -2.23.